The van der Waals surface area contributed by atoms with Gasteiger partial charge in [-0.25, -0.2) is 0 Å². The Hall–Kier alpha value is -3.08. The molecule has 1 heterocycles. The zero-order valence-corrected chi connectivity index (χ0v) is 19.7. The number of fused-ring (bicyclic) bond motifs is 1. The van der Waals surface area contributed by atoms with Gasteiger partial charge in [0.15, 0.2) is 0 Å². The average molecular weight is 434 g/mol. The highest BCUT2D eigenvalue weighted by molar-refractivity contribution is 5.85. The lowest BCUT2D eigenvalue weighted by Gasteiger charge is -2.29. The number of carbonyl (C=O) groups excluding carboxylic acids is 2. The molecular formula is C27H35N3O2. The number of aryl methyl sites for hydroxylation is 1. The molecule has 2 amide bonds. The number of aromatic nitrogens is 1. The fraction of sp³-hybridized carbons (Fsp3) is 0.407. The van der Waals surface area contributed by atoms with Gasteiger partial charge in [0.1, 0.15) is 0 Å². The van der Waals surface area contributed by atoms with Crippen LogP contribution in [0.5, 0.6) is 0 Å². The molecule has 0 aliphatic rings. The first-order chi connectivity index (χ1) is 15.4. The molecule has 0 unspecified atom stereocenters. The van der Waals surface area contributed by atoms with E-state index in [1.165, 1.54) is 16.5 Å². The molecule has 170 valence electrons. The van der Waals surface area contributed by atoms with Gasteiger partial charge < -0.3 is 14.8 Å². The third-order valence-electron chi connectivity index (χ3n) is 5.74. The zero-order valence-electron chi connectivity index (χ0n) is 19.7. The van der Waals surface area contributed by atoms with Crippen molar-refractivity contribution in [2.75, 3.05) is 19.6 Å². The number of carbonyl (C=O) groups is 2. The molecular weight excluding hydrogens is 398 g/mol. The fourth-order valence-electron chi connectivity index (χ4n) is 3.98. The molecule has 0 saturated heterocycles. The molecule has 5 nitrogen and oxygen atoms in total. The molecule has 0 fully saturated rings. The molecule has 0 atom stereocenters. The van der Waals surface area contributed by atoms with Gasteiger partial charge in [0.05, 0.1) is 6.54 Å². The fourth-order valence-corrected chi connectivity index (χ4v) is 3.98. The summed E-state index contributed by atoms with van der Waals surface area (Å²) in [5.74, 6) is 0.335. The summed E-state index contributed by atoms with van der Waals surface area (Å²) in [5, 5.41) is 1.19. The number of para-hydroxylation sites is 1. The topological polar surface area (TPSA) is 56.4 Å². The molecule has 0 aliphatic carbocycles. The summed E-state index contributed by atoms with van der Waals surface area (Å²) in [6, 6.07) is 16.5. The number of hydrogen-bond donors (Lipinski definition) is 1. The van der Waals surface area contributed by atoms with E-state index in [0.717, 1.165) is 17.5 Å². The van der Waals surface area contributed by atoms with Crippen LogP contribution in [0.2, 0.25) is 0 Å². The molecule has 0 aliphatic heterocycles. The maximum atomic E-state index is 13.4. The number of hydrogen-bond acceptors (Lipinski definition) is 2. The van der Waals surface area contributed by atoms with Crippen molar-refractivity contribution < 1.29 is 9.59 Å². The number of aromatic amines is 1. The van der Waals surface area contributed by atoms with E-state index in [-0.39, 0.29) is 18.4 Å². The van der Waals surface area contributed by atoms with Crippen molar-refractivity contribution in [2.24, 2.45) is 5.92 Å². The summed E-state index contributed by atoms with van der Waals surface area (Å²) in [4.78, 5) is 32.7. The number of nitrogens with one attached hydrogen (secondary N) is 1. The number of rotatable bonds is 10. The highest BCUT2D eigenvalue weighted by Gasteiger charge is 2.21. The van der Waals surface area contributed by atoms with Gasteiger partial charge >= 0.3 is 0 Å². The standard InChI is InChI=1S/C27H35N3O2/c1-5-26(31)30(17-20(2)3)19-27(32)29(18-22-12-10-21(4)11-13-22)15-14-23-16-28-25-9-7-6-8-24(23)25/h6-13,16,20,28H,5,14-15,17-19H2,1-4H3. The molecule has 2 aromatic carbocycles. The van der Waals surface area contributed by atoms with E-state index in [1.807, 2.05) is 30.2 Å². The van der Waals surface area contributed by atoms with Gasteiger partial charge in [-0.1, -0.05) is 68.8 Å². The molecule has 3 rings (SSSR count). The first-order valence-corrected chi connectivity index (χ1v) is 11.5. The van der Waals surface area contributed by atoms with Gasteiger partial charge in [0.2, 0.25) is 11.8 Å². The van der Waals surface area contributed by atoms with Crippen LogP contribution in [0.3, 0.4) is 0 Å². The Kier molecular flexibility index (Phi) is 8.09. The molecule has 0 saturated carbocycles. The molecule has 5 heteroatoms. The normalized spacial score (nSPS) is 11.2. The van der Waals surface area contributed by atoms with E-state index in [1.54, 1.807) is 4.90 Å². The van der Waals surface area contributed by atoms with Crippen molar-refractivity contribution >= 4 is 22.7 Å². The van der Waals surface area contributed by atoms with Gasteiger partial charge in [-0.15, -0.1) is 0 Å². The Balaban J connectivity index is 1.77. The van der Waals surface area contributed by atoms with E-state index in [9.17, 15) is 9.59 Å². The minimum atomic E-state index is -0.00661. The van der Waals surface area contributed by atoms with Crippen molar-refractivity contribution in [3.63, 3.8) is 0 Å². The maximum absolute atomic E-state index is 13.4. The van der Waals surface area contributed by atoms with Crippen LogP contribution in [0.4, 0.5) is 0 Å². The van der Waals surface area contributed by atoms with Crippen molar-refractivity contribution in [3.8, 4) is 0 Å². The summed E-state index contributed by atoms with van der Waals surface area (Å²) in [5.41, 5.74) is 4.60. The smallest absolute Gasteiger partial charge is 0.242 e. The zero-order chi connectivity index (χ0) is 23.1. The van der Waals surface area contributed by atoms with Crippen LogP contribution in [0, 0.1) is 12.8 Å². The number of benzene rings is 2. The third-order valence-corrected chi connectivity index (χ3v) is 5.74. The van der Waals surface area contributed by atoms with Crippen molar-refractivity contribution in [2.45, 2.75) is 47.1 Å². The lowest BCUT2D eigenvalue weighted by Crippen LogP contribution is -2.44. The highest BCUT2D eigenvalue weighted by atomic mass is 16.2. The van der Waals surface area contributed by atoms with E-state index in [4.69, 9.17) is 0 Å². The van der Waals surface area contributed by atoms with Crippen molar-refractivity contribution in [3.05, 3.63) is 71.4 Å². The van der Waals surface area contributed by atoms with E-state index in [0.29, 0.717) is 32.0 Å². The Morgan fingerprint density at radius 3 is 2.38 bits per heavy atom. The third kappa shape index (κ3) is 6.22. The van der Waals surface area contributed by atoms with Crippen LogP contribution < -0.4 is 0 Å². The molecule has 32 heavy (non-hydrogen) atoms. The monoisotopic (exact) mass is 433 g/mol. The van der Waals surface area contributed by atoms with Crippen LogP contribution in [-0.2, 0) is 22.6 Å². The van der Waals surface area contributed by atoms with Crippen LogP contribution >= 0.6 is 0 Å². The lowest BCUT2D eigenvalue weighted by atomic mass is 10.1. The number of amides is 2. The number of nitrogens with zero attached hydrogens (tertiary/aromatic N) is 2. The summed E-state index contributed by atoms with van der Waals surface area (Å²) >= 11 is 0. The Morgan fingerprint density at radius 1 is 0.969 bits per heavy atom. The molecule has 0 spiro atoms. The van der Waals surface area contributed by atoms with Crippen molar-refractivity contribution in [1.29, 1.82) is 0 Å². The first-order valence-electron chi connectivity index (χ1n) is 11.5. The Bertz CT molecular complexity index is 1040. The lowest BCUT2D eigenvalue weighted by molar-refractivity contribution is -0.141. The largest absolute Gasteiger partial charge is 0.361 e. The Morgan fingerprint density at radius 2 is 1.69 bits per heavy atom. The minimum Gasteiger partial charge on any atom is -0.361 e. The van der Waals surface area contributed by atoms with Crippen molar-refractivity contribution in [1.82, 2.24) is 14.8 Å². The van der Waals surface area contributed by atoms with Crippen LogP contribution in [0.1, 0.15) is 43.9 Å². The molecule has 1 aromatic heterocycles. The first kappa shape index (κ1) is 23.6. The summed E-state index contributed by atoms with van der Waals surface area (Å²) in [6.07, 6.45) is 3.20. The molecule has 3 aromatic rings. The van der Waals surface area contributed by atoms with Gasteiger partial charge in [-0.2, -0.15) is 0 Å². The van der Waals surface area contributed by atoms with Gasteiger partial charge in [0, 0.05) is 43.2 Å². The molecule has 0 radical (unpaired) electrons. The summed E-state index contributed by atoms with van der Waals surface area (Å²) in [7, 11) is 0. The molecule has 1 N–H and O–H groups in total. The second kappa shape index (κ2) is 11.0. The van der Waals surface area contributed by atoms with Crippen LogP contribution in [0.25, 0.3) is 10.9 Å². The average Bonchev–Trinajstić information content (AvgIpc) is 3.19. The van der Waals surface area contributed by atoms with Gasteiger partial charge in [0.25, 0.3) is 0 Å². The maximum Gasteiger partial charge on any atom is 0.242 e. The van der Waals surface area contributed by atoms with E-state index >= 15 is 0 Å². The number of H-pyrrole nitrogens is 1. The quantitative estimate of drug-likeness (QED) is 0.492. The van der Waals surface area contributed by atoms with Crippen LogP contribution in [-0.4, -0.2) is 46.2 Å². The van der Waals surface area contributed by atoms with Gasteiger partial charge in [-0.05, 0) is 36.5 Å². The second-order valence-corrected chi connectivity index (χ2v) is 8.93. The second-order valence-electron chi connectivity index (χ2n) is 8.93. The SMILES string of the molecule is CCC(=O)N(CC(=O)N(CCc1c[nH]c2ccccc12)Cc1ccc(C)cc1)CC(C)C. The predicted octanol–water partition coefficient (Wildman–Crippen LogP) is 4.94. The van der Waals surface area contributed by atoms with E-state index in [2.05, 4.69) is 62.2 Å². The highest BCUT2D eigenvalue weighted by Crippen LogP contribution is 2.19. The minimum absolute atomic E-state index is 0.00661. The summed E-state index contributed by atoms with van der Waals surface area (Å²) in [6.45, 7) is 9.92. The summed E-state index contributed by atoms with van der Waals surface area (Å²) < 4.78 is 0. The molecule has 0 bridgehead atoms. The van der Waals surface area contributed by atoms with Gasteiger partial charge in [-0.3, -0.25) is 9.59 Å². The Labute approximate surface area is 191 Å². The van der Waals surface area contributed by atoms with E-state index < -0.39 is 0 Å². The van der Waals surface area contributed by atoms with Crippen LogP contribution in [0.15, 0.2) is 54.7 Å². The predicted molar refractivity (Wildman–Crippen MR) is 130 cm³/mol.